The van der Waals surface area contributed by atoms with Gasteiger partial charge in [-0.25, -0.2) is 4.39 Å². The van der Waals surface area contributed by atoms with Gasteiger partial charge in [0, 0.05) is 11.7 Å². The maximum Gasteiger partial charge on any atom is 0.126 e. The van der Waals surface area contributed by atoms with Gasteiger partial charge in [-0.15, -0.1) is 0 Å². The van der Waals surface area contributed by atoms with Crippen molar-refractivity contribution >= 4 is 5.69 Å². The molecule has 0 saturated carbocycles. The molecule has 0 aliphatic heterocycles. The first-order valence-corrected chi connectivity index (χ1v) is 5.80. The quantitative estimate of drug-likeness (QED) is 0.839. The molecule has 2 aromatic rings. The molecule has 1 N–H and O–H groups in total. The Morgan fingerprint density at radius 3 is 2.35 bits per heavy atom. The summed E-state index contributed by atoms with van der Waals surface area (Å²) in [6, 6.07) is 17.1. The molecule has 88 valence electrons. The molecule has 2 rings (SSSR count). The molecule has 1 atom stereocenters. The first kappa shape index (κ1) is 11.6. The average Bonchev–Trinajstić information content (AvgIpc) is 2.33. The largest absolute Gasteiger partial charge is 0.382 e. The molecule has 2 heteroatoms. The van der Waals surface area contributed by atoms with Gasteiger partial charge in [-0.2, -0.15) is 0 Å². The van der Waals surface area contributed by atoms with Gasteiger partial charge >= 0.3 is 0 Å². The molecule has 0 fully saturated rings. The van der Waals surface area contributed by atoms with Gasteiger partial charge in [-0.3, -0.25) is 0 Å². The molecule has 2 aromatic carbocycles. The second-order valence-corrected chi connectivity index (χ2v) is 4.21. The van der Waals surface area contributed by atoms with Crippen molar-refractivity contribution in [1.29, 1.82) is 0 Å². The number of para-hydroxylation sites is 1. The summed E-state index contributed by atoms with van der Waals surface area (Å²) in [4.78, 5) is 0. The van der Waals surface area contributed by atoms with Gasteiger partial charge in [0.15, 0.2) is 0 Å². The number of hydrogen-bond acceptors (Lipinski definition) is 1. The molecule has 17 heavy (non-hydrogen) atoms. The Labute approximate surface area is 101 Å². The van der Waals surface area contributed by atoms with Crippen molar-refractivity contribution in [3.05, 3.63) is 66.0 Å². The second-order valence-electron chi connectivity index (χ2n) is 4.21. The van der Waals surface area contributed by atoms with Crippen molar-refractivity contribution in [3.8, 4) is 0 Å². The maximum absolute atomic E-state index is 13.5. The van der Waals surface area contributed by atoms with E-state index in [1.54, 1.807) is 6.07 Å². The number of rotatable bonds is 4. The molecule has 0 amide bonds. The van der Waals surface area contributed by atoms with Gasteiger partial charge in [-0.1, -0.05) is 36.4 Å². The van der Waals surface area contributed by atoms with Crippen molar-refractivity contribution in [3.63, 3.8) is 0 Å². The highest BCUT2D eigenvalue weighted by atomic mass is 19.1. The van der Waals surface area contributed by atoms with Crippen molar-refractivity contribution in [1.82, 2.24) is 0 Å². The van der Waals surface area contributed by atoms with Crippen LogP contribution in [0.1, 0.15) is 12.5 Å². The van der Waals surface area contributed by atoms with Crippen LogP contribution in [0.5, 0.6) is 0 Å². The molecule has 0 heterocycles. The number of nitrogens with one attached hydrogen (secondary N) is 1. The van der Waals surface area contributed by atoms with E-state index >= 15 is 0 Å². The lowest BCUT2D eigenvalue weighted by Gasteiger charge is -2.15. The van der Waals surface area contributed by atoms with Gasteiger partial charge in [0.1, 0.15) is 5.82 Å². The zero-order chi connectivity index (χ0) is 12.1. The van der Waals surface area contributed by atoms with Gasteiger partial charge in [0.05, 0.1) is 0 Å². The third-order valence-electron chi connectivity index (χ3n) is 2.67. The van der Waals surface area contributed by atoms with E-state index in [0.717, 1.165) is 11.3 Å². The van der Waals surface area contributed by atoms with Crippen LogP contribution < -0.4 is 5.32 Å². The minimum absolute atomic E-state index is 0.130. The van der Waals surface area contributed by atoms with E-state index in [-0.39, 0.29) is 11.9 Å². The van der Waals surface area contributed by atoms with E-state index in [0.29, 0.717) is 6.42 Å². The normalized spacial score (nSPS) is 12.1. The first-order valence-electron chi connectivity index (χ1n) is 5.80. The van der Waals surface area contributed by atoms with Crippen LogP contribution >= 0.6 is 0 Å². The number of benzene rings is 2. The summed E-state index contributed by atoms with van der Waals surface area (Å²) in [6.07, 6.45) is 0.682. The summed E-state index contributed by atoms with van der Waals surface area (Å²) >= 11 is 0. The SMILES string of the molecule is CC(Cc1ccccc1F)Nc1ccccc1. The van der Waals surface area contributed by atoms with Crippen molar-refractivity contribution in [2.24, 2.45) is 0 Å². The Morgan fingerprint density at radius 2 is 1.65 bits per heavy atom. The fraction of sp³-hybridized carbons (Fsp3) is 0.200. The molecule has 0 aliphatic carbocycles. The molecule has 0 radical (unpaired) electrons. The smallest absolute Gasteiger partial charge is 0.126 e. The van der Waals surface area contributed by atoms with Crippen LogP contribution in [0, 0.1) is 5.82 Å². The van der Waals surface area contributed by atoms with E-state index in [1.165, 1.54) is 6.07 Å². The summed E-state index contributed by atoms with van der Waals surface area (Å²) < 4.78 is 13.5. The molecule has 1 nitrogen and oxygen atoms in total. The lowest BCUT2D eigenvalue weighted by Crippen LogP contribution is -2.18. The Morgan fingerprint density at radius 1 is 1.00 bits per heavy atom. The van der Waals surface area contributed by atoms with Crippen LogP contribution in [0.15, 0.2) is 54.6 Å². The Bertz CT molecular complexity index is 467. The van der Waals surface area contributed by atoms with E-state index in [1.807, 2.05) is 42.5 Å². The molecular formula is C15H16FN. The topological polar surface area (TPSA) is 12.0 Å². The third kappa shape index (κ3) is 3.31. The van der Waals surface area contributed by atoms with Crippen LogP contribution in [0.3, 0.4) is 0 Å². The van der Waals surface area contributed by atoms with E-state index in [4.69, 9.17) is 0 Å². The standard InChI is InChI=1S/C15H16FN/c1-12(17-14-8-3-2-4-9-14)11-13-7-5-6-10-15(13)16/h2-10,12,17H,11H2,1H3. The minimum atomic E-state index is -0.130. The molecule has 0 spiro atoms. The number of halogens is 1. The van der Waals surface area contributed by atoms with Crippen LogP contribution in [-0.4, -0.2) is 6.04 Å². The van der Waals surface area contributed by atoms with Crippen LogP contribution in [0.2, 0.25) is 0 Å². The summed E-state index contributed by atoms with van der Waals surface area (Å²) in [5.74, 6) is -0.130. The van der Waals surface area contributed by atoms with Gasteiger partial charge in [0.25, 0.3) is 0 Å². The lowest BCUT2D eigenvalue weighted by molar-refractivity contribution is 0.601. The van der Waals surface area contributed by atoms with E-state index in [2.05, 4.69) is 12.2 Å². The lowest BCUT2D eigenvalue weighted by atomic mass is 10.1. The van der Waals surface area contributed by atoms with E-state index < -0.39 is 0 Å². The van der Waals surface area contributed by atoms with Gasteiger partial charge in [0.2, 0.25) is 0 Å². The molecule has 0 aliphatic rings. The molecule has 0 bridgehead atoms. The average molecular weight is 229 g/mol. The monoisotopic (exact) mass is 229 g/mol. The zero-order valence-electron chi connectivity index (χ0n) is 9.86. The maximum atomic E-state index is 13.5. The first-order chi connectivity index (χ1) is 8.25. The zero-order valence-corrected chi connectivity index (χ0v) is 9.86. The summed E-state index contributed by atoms with van der Waals surface area (Å²) in [7, 11) is 0. The Kier molecular flexibility index (Phi) is 3.76. The van der Waals surface area contributed by atoms with E-state index in [9.17, 15) is 4.39 Å². The highest BCUT2D eigenvalue weighted by Crippen LogP contribution is 2.13. The predicted octanol–water partition coefficient (Wildman–Crippen LogP) is 3.87. The fourth-order valence-electron chi connectivity index (χ4n) is 1.86. The Hall–Kier alpha value is -1.83. The minimum Gasteiger partial charge on any atom is -0.382 e. The van der Waals surface area contributed by atoms with Crippen LogP contribution in [-0.2, 0) is 6.42 Å². The predicted molar refractivity (Wildman–Crippen MR) is 69.6 cm³/mol. The number of anilines is 1. The van der Waals surface area contributed by atoms with Gasteiger partial charge in [-0.05, 0) is 37.1 Å². The third-order valence-corrected chi connectivity index (χ3v) is 2.67. The summed E-state index contributed by atoms with van der Waals surface area (Å²) in [6.45, 7) is 2.06. The van der Waals surface area contributed by atoms with Gasteiger partial charge < -0.3 is 5.32 Å². The summed E-state index contributed by atoms with van der Waals surface area (Å²) in [5.41, 5.74) is 1.82. The van der Waals surface area contributed by atoms with Crippen molar-refractivity contribution < 1.29 is 4.39 Å². The van der Waals surface area contributed by atoms with Crippen molar-refractivity contribution in [2.75, 3.05) is 5.32 Å². The van der Waals surface area contributed by atoms with Crippen LogP contribution in [0.25, 0.3) is 0 Å². The molecule has 0 saturated heterocycles. The van der Waals surface area contributed by atoms with Crippen molar-refractivity contribution in [2.45, 2.75) is 19.4 Å². The molecule has 1 unspecified atom stereocenters. The summed E-state index contributed by atoms with van der Waals surface area (Å²) in [5, 5.41) is 3.35. The molecular weight excluding hydrogens is 213 g/mol. The highest BCUT2D eigenvalue weighted by molar-refractivity contribution is 5.43. The van der Waals surface area contributed by atoms with Crippen LogP contribution in [0.4, 0.5) is 10.1 Å². The Balaban J connectivity index is 1.98. The number of hydrogen-bond donors (Lipinski definition) is 1. The molecule has 0 aromatic heterocycles. The fourth-order valence-corrected chi connectivity index (χ4v) is 1.86. The highest BCUT2D eigenvalue weighted by Gasteiger charge is 2.06. The second kappa shape index (κ2) is 5.48.